The van der Waals surface area contributed by atoms with Gasteiger partial charge in [0, 0.05) is 43.9 Å². The topological polar surface area (TPSA) is 48.5 Å². The molecule has 1 aliphatic heterocycles. The van der Waals surface area contributed by atoms with E-state index in [0.717, 1.165) is 30.9 Å². The second kappa shape index (κ2) is 7.18. The lowest BCUT2D eigenvalue weighted by molar-refractivity contribution is 0.107. The van der Waals surface area contributed by atoms with Crippen molar-refractivity contribution >= 4 is 17.4 Å². The zero-order valence-corrected chi connectivity index (χ0v) is 15.2. The number of amides is 2. The van der Waals surface area contributed by atoms with Gasteiger partial charge in [-0.1, -0.05) is 6.92 Å². The molecule has 6 heteroatoms. The van der Waals surface area contributed by atoms with Crippen LogP contribution in [-0.2, 0) is 6.42 Å². The van der Waals surface area contributed by atoms with Crippen LogP contribution < -0.4 is 5.32 Å². The van der Waals surface area contributed by atoms with Crippen molar-refractivity contribution in [3.8, 4) is 0 Å². The van der Waals surface area contributed by atoms with Crippen LogP contribution in [0.5, 0.6) is 0 Å². The van der Waals surface area contributed by atoms with Gasteiger partial charge >= 0.3 is 6.03 Å². The van der Waals surface area contributed by atoms with Gasteiger partial charge in [0.25, 0.3) is 0 Å². The third-order valence-corrected chi connectivity index (χ3v) is 5.99. The van der Waals surface area contributed by atoms with E-state index in [4.69, 9.17) is 0 Å². The van der Waals surface area contributed by atoms with Crippen molar-refractivity contribution in [1.29, 1.82) is 0 Å². The van der Waals surface area contributed by atoms with Crippen LogP contribution in [-0.4, -0.2) is 60.6 Å². The Bertz CT molecular complexity index is 542. The first-order valence-corrected chi connectivity index (χ1v) is 9.56. The molecule has 0 radical (unpaired) electrons. The first-order chi connectivity index (χ1) is 11.0. The molecular weight excluding hydrogens is 308 g/mol. The Morgan fingerprint density at radius 2 is 2.26 bits per heavy atom. The summed E-state index contributed by atoms with van der Waals surface area (Å²) in [6.07, 6.45) is 4.47. The van der Waals surface area contributed by atoms with Crippen LogP contribution in [0.4, 0.5) is 4.79 Å². The monoisotopic (exact) mass is 336 g/mol. The molecule has 0 unspecified atom stereocenters. The summed E-state index contributed by atoms with van der Waals surface area (Å²) in [4.78, 5) is 21.3. The maximum Gasteiger partial charge on any atom is 0.317 e. The Kier molecular flexibility index (Phi) is 5.21. The quantitative estimate of drug-likeness (QED) is 0.899. The molecule has 1 aromatic heterocycles. The van der Waals surface area contributed by atoms with Gasteiger partial charge in [0.2, 0.25) is 0 Å². The fourth-order valence-corrected chi connectivity index (χ4v) is 4.36. The van der Waals surface area contributed by atoms with E-state index in [1.807, 2.05) is 11.9 Å². The minimum Gasteiger partial charge on any atom is -0.338 e. The van der Waals surface area contributed by atoms with Gasteiger partial charge in [-0.25, -0.2) is 9.78 Å². The van der Waals surface area contributed by atoms with Gasteiger partial charge < -0.3 is 15.1 Å². The predicted octanol–water partition coefficient (Wildman–Crippen LogP) is 2.54. The third-order valence-electron chi connectivity index (χ3n) is 5.06. The lowest BCUT2D eigenvalue weighted by atomic mass is 9.93. The average Bonchev–Trinajstić information content (AvgIpc) is 3.26. The molecule has 2 heterocycles. The summed E-state index contributed by atoms with van der Waals surface area (Å²) in [7, 11) is 4.08. The van der Waals surface area contributed by atoms with Gasteiger partial charge in [0.05, 0.1) is 10.7 Å². The van der Waals surface area contributed by atoms with Crippen molar-refractivity contribution in [2.45, 2.75) is 44.6 Å². The molecule has 3 rings (SSSR count). The maximum absolute atomic E-state index is 12.4. The zero-order valence-electron chi connectivity index (χ0n) is 14.4. The van der Waals surface area contributed by atoms with Crippen LogP contribution in [0.15, 0.2) is 5.38 Å². The molecule has 2 fully saturated rings. The molecule has 128 valence electrons. The Hall–Kier alpha value is -1.14. The van der Waals surface area contributed by atoms with E-state index in [9.17, 15) is 4.79 Å². The minimum absolute atomic E-state index is 0.0466. The Morgan fingerprint density at radius 1 is 1.48 bits per heavy atom. The number of rotatable bonds is 5. The predicted molar refractivity (Wildman–Crippen MR) is 94.0 cm³/mol. The third kappa shape index (κ3) is 4.23. The van der Waals surface area contributed by atoms with Crippen LogP contribution in [0.2, 0.25) is 0 Å². The van der Waals surface area contributed by atoms with Crippen molar-refractivity contribution in [2.75, 3.05) is 33.7 Å². The molecule has 1 aliphatic carbocycles. The Balaban J connectivity index is 1.42. The van der Waals surface area contributed by atoms with Crippen LogP contribution >= 0.6 is 11.3 Å². The average molecular weight is 337 g/mol. The maximum atomic E-state index is 12.4. The molecule has 0 aromatic carbocycles. The number of piperidine rings is 1. The molecule has 1 aromatic rings. The van der Waals surface area contributed by atoms with Gasteiger partial charge in [0.1, 0.15) is 0 Å². The molecule has 1 N–H and O–H groups in total. The first-order valence-electron chi connectivity index (χ1n) is 8.68. The Labute approximate surface area is 143 Å². The number of urea groups is 1. The number of aromatic nitrogens is 1. The molecule has 1 saturated carbocycles. The van der Waals surface area contributed by atoms with Gasteiger partial charge in [-0.3, -0.25) is 0 Å². The van der Waals surface area contributed by atoms with E-state index in [1.54, 1.807) is 11.3 Å². The van der Waals surface area contributed by atoms with Gasteiger partial charge in [0.15, 0.2) is 0 Å². The highest BCUT2D eigenvalue weighted by atomic mass is 32.1. The highest BCUT2D eigenvalue weighted by molar-refractivity contribution is 7.09. The number of likely N-dealkylation sites (tertiary alicyclic amines) is 1. The van der Waals surface area contributed by atoms with Crippen LogP contribution in [0.1, 0.15) is 42.8 Å². The highest BCUT2D eigenvalue weighted by Crippen LogP contribution is 2.40. The number of thiazole rings is 1. The first kappa shape index (κ1) is 16.7. The van der Waals surface area contributed by atoms with Crippen molar-refractivity contribution < 1.29 is 4.79 Å². The van der Waals surface area contributed by atoms with Gasteiger partial charge in [-0.05, 0) is 38.8 Å². The van der Waals surface area contributed by atoms with Crippen molar-refractivity contribution in [3.05, 3.63) is 16.1 Å². The zero-order chi connectivity index (χ0) is 16.4. The van der Waals surface area contributed by atoms with Crippen molar-refractivity contribution in [2.24, 2.45) is 5.92 Å². The Morgan fingerprint density at radius 3 is 2.96 bits per heavy atom. The smallest absolute Gasteiger partial charge is 0.317 e. The summed E-state index contributed by atoms with van der Waals surface area (Å²) in [6.45, 7) is 5.03. The summed E-state index contributed by atoms with van der Waals surface area (Å²) in [6, 6.07) is 0.387. The van der Waals surface area contributed by atoms with Crippen molar-refractivity contribution in [1.82, 2.24) is 20.1 Å². The summed E-state index contributed by atoms with van der Waals surface area (Å²) in [5.74, 6) is 1.23. The van der Waals surface area contributed by atoms with E-state index in [-0.39, 0.29) is 6.03 Å². The number of hydrogen-bond donors (Lipinski definition) is 1. The summed E-state index contributed by atoms with van der Waals surface area (Å²) in [5, 5.41) is 6.38. The molecule has 1 saturated heterocycles. The molecule has 0 bridgehead atoms. The highest BCUT2D eigenvalue weighted by Gasteiger charge is 2.30. The number of carbonyl (C=O) groups excluding carboxylic acids is 1. The second-order valence-electron chi connectivity index (χ2n) is 7.13. The van der Waals surface area contributed by atoms with E-state index in [2.05, 4.69) is 34.6 Å². The number of nitrogens with one attached hydrogen (secondary N) is 1. The summed E-state index contributed by atoms with van der Waals surface area (Å²) < 4.78 is 0. The molecule has 0 spiro atoms. The van der Waals surface area contributed by atoms with E-state index >= 15 is 0 Å². The molecule has 2 aliphatic rings. The summed E-state index contributed by atoms with van der Waals surface area (Å²) in [5.41, 5.74) is 1.26. The minimum atomic E-state index is 0.0466. The van der Waals surface area contributed by atoms with Crippen LogP contribution in [0, 0.1) is 5.92 Å². The van der Waals surface area contributed by atoms with Gasteiger partial charge in [-0.15, -0.1) is 11.3 Å². The van der Waals surface area contributed by atoms with Crippen molar-refractivity contribution in [3.63, 3.8) is 0 Å². The number of nitrogens with zero attached hydrogens (tertiary/aromatic N) is 3. The lowest BCUT2D eigenvalue weighted by Crippen LogP contribution is -2.52. The van der Waals surface area contributed by atoms with E-state index < -0.39 is 0 Å². The number of carbonyl (C=O) groups is 1. The fraction of sp³-hybridized carbons (Fsp3) is 0.765. The molecule has 5 nitrogen and oxygen atoms in total. The van der Waals surface area contributed by atoms with Crippen LogP contribution in [0.3, 0.4) is 0 Å². The normalized spacial score (nSPS) is 25.3. The largest absolute Gasteiger partial charge is 0.338 e. The standard InChI is InChI=1S/C17H28N4OS/c1-12-10-20(2)9-7-15(12)21(3)17(22)18-8-6-16-19-14(11-23-16)13-4-5-13/h11-13,15H,4-10H2,1-3H3,(H,18,22)/t12-,15+/m0/s1. The van der Waals surface area contributed by atoms with E-state index in [1.165, 1.54) is 18.5 Å². The summed E-state index contributed by atoms with van der Waals surface area (Å²) >= 11 is 1.73. The van der Waals surface area contributed by atoms with Crippen LogP contribution in [0.25, 0.3) is 0 Å². The molecule has 2 atom stereocenters. The fourth-order valence-electron chi connectivity index (χ4n) is 3.48. The van der Waals surface area contributed by atoms with Gasteiger partial charge in [-0.2, -0.15) is 0 Å². The molecule has 2 amide bonds. The molecule has 23 heavy (non-hydrogen) atoms. The number of hydrogen-bond acceptors (Lipinski definition) is 4. The molecular formula is C17H28N4OS. The second-order valence-corrected chi connectivity index (χ2v) is 8.07. The van der Waals surface area contributed by atoms with E-state index in [0.29, 0.717) is 24.4 Å². The lowest BCUT2D eigenvalue weighted by Gasteiger charge is -2.39. The SMILES string of the molecule is C[C@H]1CN(C)CC[C@H]1N(C)C(=O)NCCc1nc(C2CC2)cs1.